The minimum atomic E-state index is -0.0420. The molecule has 5 rings (SSSR count). The van der Waals surface area contributed by atoms with Crippen LogP contribution in [0.1, 0.15) is 23.2 Å². The van der Waals surface area contributed by atoms with Crippen LogP contribution >= 0.6 is 22.9 Å². The summed E-state index contributed by atoms with van der Waals surface area (Å²) in [6.45, 7) is 2.02. The predicted octanol–water partition coefficient (Wildman–Crippen LogP) is 4.40. The van der Waals surface area contributed by atoms with Gasteiger partial charge in [-0.3, -0.25) is 4.79 Å². The second-order valence-electron chi connectivity index (χ2n) is 8.00. The molecule has 0 saturated carbocycles. The normalized spacial score (nSPS) is 15.6. The van der Waals surface area contributed by atoms with E-state index in [-0.39, 0.29) is 11.9 Å². The summed E-state index contributed by atoms with van der Waals surface area (Å²) in [6, 6.07) is 11.5. The second kappa shape index (κ2) is 8.11. The molecule has 0 atom stereocenters. The van der Waals surface area contributed by atoms with Crippen LogP contribution in [0.5, 0.6) is 0 Å². The van der Waals surface area contributed by atoms with Gasteiger partial charge in [0.05, 0.1) is 21.3 Å². The molecule has 1 aliphatic rings. The first-order chi connectivity index (χ1) is 15.0. The SMILES string of the molecule is CN1CCC(NC(=O)c2ccc3c(c2)nc(Nc2nc4ccc(Cl)cc4s2)n3C)CC1. The van der Waals surface area contributed by atoms with E-state index in [1.54, 1.807) is 0 Å². The number of carbonyl (C=O) groups excluding carboxylic acids is 1. The van der Waals surface area contributed by atoms with Gasteiger partial charge < -0.3 is 20.1 Å². The minimum absolute atomic E-state index is 0.0420. The highest BCUT2D eigenvalue weighted by Crippen LogP contribution is 2.31. The third-order valence-electron chi connectivity index (χ3n) is 5.77. The molecule has 31 heavy (non-hydrogen) atoms. The molecule has 2 aromatic heterocycles. The van der Waals surface area contributed by atoms with E-state index >= 15 is 0 Å². The van der Waals surface area contributed by atoms with Gasteiger partial charge in [0.1, 0.15) is 0 Å². The summed E-state index contributed by atoms with van der Waals surface area (Å²) in [4.78, 5) is 24.3. The van der Waals surface area contributed by atoms with Crippen molar-refractivity contribution in [1.82, 2.24) is 24.8 Å². The molecule has 1 fully saturated rings. The first-order valence-electron chi connectivity index (χ1n) is 10.3. The number of aromatic nitrogens is 3. The lowest BCUT2D eigenvalue weighted by atomic mass is 10.0. The van der Waals surface area contributed by atoms with Gasteiger partial charge in [-0.1, -0.05) is 22.9 Å². The molecule has 160 valence electrons. The maximum atomic E-state index is 12.8. The van der Waals surface area contributed by atoms with Crippen LogP contribution in [-0.2, 0) is 7.05 Å². The number of hydrogen-bond donors (Lipinski definition) is 2. The Kier molecular flexibility index (Phi) is 5.29. The van der Waals surface area contributed by atoms with Gasteiger partial charge in [0, 0.05) is 23.7 Å². The number of halogens is 1. The van der Waals surface area contributed by atoms with Crippen molar-refractivity contribution in [3.05, 3.63) is 47.0 Å². The molecule has 7 nitrogen and oxygen atoms in total. The van der Waals surface area contributed by atoms with E-state index in [0.29, 0.717) is 16.5 Å². The summed E-state index contributed by atoms with van der Waals surface area (Å²) < 4.78 is 2.98. The number of fused-ring (bicyclic) bond motifs is 2. The summed E-state index contributed by atoms with van der Waals surface area (Å²) >= 11 is 7.61. The average molecular weight is 455 g/mol. The van der Waals surface area contributed by atoms with E-state index in [1.165, 1.54) is 11.3 Å². The maximum absolute atomic E-state index is 12.8. The van der Waals surface area contributed by atoms with Crippen molar-refractivity contribution in [3.8, 4) is 0 Å². The Bertz CT molecular complexity index is 1270. The van der Waals surface area contributed by atoms with Gasteiger partial charge in [0.25, 0.3) is 5.91 Å². The van der Waals surface area contributed by atoms with E-state index in [0.717, 1.165) is 52.3 Å². The lowest BCUT2D eigenvalue weighted by Gasteiger charge is -2.29. The summed E-state index contributed by atoms with van der Waals surface area (Å²) in [5.74, 6) is 0.632. The van der Waals surface area contributed by atoms with Crippen LogP contribution in [0.15, 0.2) is 36.4 Å². The van der Waals surface area contributed by atoms with Gasteiger partial charge in [-0.25, -0.2) is 9.97 Å². The van der Waals surface area contributed by atoms with Crippen molar-refractivity contribution in [1.29, 1.82) is 0 Å². The number of carbonyl (C=O) groups is 1. The molecule has 0 radical (unpaired) electrons. The first kappa shape index (κ1) is 20.2. The number of benzene rings is 2. The van der Waals surface area contributed by atoms with Crippen molar-refractivity contribution < 1.29 is 4.79 Å². The Morgan fingerprint density at radius 2 is 1.90 bits per heavy atom. The zero-order valence-corrected chi connectivity index (χ0v) is 18.9. The number of nitrogens with one attached hydrogen (secondary N) is 2. The zero-order valence-electron chi connectivity index (χ0n) is 17.4. The fourth-order valence-electron chi connectivity index (χ4n) is 3.92. The van der Waals surface area contributed by atoms with E-state index in [2.05, 4.69) is 27.6 Å². The molecule has 1 saturated heterocycles. The third-order valence-corrected chi connectivity index (χ3v) is 6.93. The molecule has 2 N–H and O–H groups in total. The van der Waals surface area contributed by atoms with Gasteiger partial charge in [-0.15, -0.1) is 0 Å². The van der Waals surface area contributed by atoms with Crippen molar-refractivity contribution >= 4 is 61.2 Å². The standard InChI is InChI=1S/C22H23ClN6OS/c1-28-9-7-15(8-10-28)24-20(30)13-3-6-18-17(11-13)25-21(29(18)2)27-22-26-16-5-4-14(23)12-19(16)31-22/h3-6,11-12,15H,7-10H2,1-2H3,(H,24,30)(H,25,26,27). The minimum Gasteiger partial charge on any atom is -0.349 e. The van der Waals surface area contributed by atoms with Crippen molar-refractivity contribution in [2.24, 2.45) is 7.05 Å². The van der Waals surface area contributed by atoms with Gasteiger partial charge in [-0.2, -0.15) is 0 Å². The van der Waals surface area contributed by atoms with E-state index in [9.17, 15) is 4.79 Å². The number of thiazole rings is 1. The number of likely N-dealkylation sites (tertiary alicyclic amines) is 1. The number of anilines is 2. The topological polar surface area (TPSA) is 75.1 Å². The van der Waals surface area contributed by atoms with Gasteiger partial charge in [0.15, 0.2) is 5.13 Å². The number of nitrogens with zero attached hydrogens (tertiary/aromatic N) is 4. The summed E-state index contributed by atoms with van der Waals surface area (Å²) in [6.07, 6.45) is 1.96. The number of hydrogen-bond acceptors (Lipinski definition) is 6. The molecule has 0 spiro atoms. The van der Waals surface area contributed by atoms with Crippen LogP contribution in [0, 0.1) is 0 Å². The van der Waals surface area contributed by atoms with Crippen molar-refractivity contribution in [3.63, 3.8) is 0 Å². The molecular weight excluding hydrogens is 432 g/mol. The first-order valence-corrected chi connectivity index (χ1v) is 11.4. The molecule has 3 heterocycles. The largest absolute Gasteiger partial charge is 0.349 e. The number of imidazole rings is 1. The highest BCUT2D eigenvalue weighted by atomic mass is 35.5. The molecule has 9 heteroatoms. The molecule has 0 aliphatic carbocycles. The van der Waals surface area contributed by atoms with E-state index < -0.39 is 0 Å². The number of aryl methyl sites for hydroxylation is 1. The molecule has 4 aromatic rings. The maximum Gasteiger partial charge on any atom is 0.251 e. The summed E-state index contributed by atoms with van der Waals surface area (Å²) in [5, 5.41) is 7.90. The van der Waals surface area contributed by atoms with Gasteiger partial charge in [0.2, 0.25) is 5.95 Å². The Hall–Kier alpha value is -2.68. The monoisotopic (exact) mass is 454 g/mol. The lowest BCUT2D eigenvalue weighted by Crippen LogP contribution is -2.43. The van der Waals surface area contributed by atoms with E-state index in [1.807, 2.05) is 48.0 Å². The number of amides is 1. The van der Waals surface area contributed by atoms with Crippen molar-refractivity contribution in [2.45, 2.75) is 18.9 Å². The van der Waals surface area contributed by atoms with Gasteiger partial charge >= 0.3 is 0 Å². The van der Waals surface area contributed by atoms with Crippen LogP contribution in [0.3, 0.4) is 0 Å². The fourth-order valence-corrected chi connectivity index (χ4v) is 5.06. The van der Waals surface area contributed by atoms with Crippen LogP contribution in [0.2, 0.25) is 5.02 Å². The van der Waals surface area contributed by atoms with Crippen molar-refractivity contribution in [2.75, 3.05) is 25.5 Å². The Balaban J connectivity index is 1.36. The highest BCUT2D eigenvalue weighted by molar-refractivity contribution is 7.22. The molecule has 0 unspecified atom stereocenters. The second-order valence-corrected chi connectivity index (χ2v) is 9.47. The van der Waals surface area contributed by atoms with Crippen LogP contribution in [-0.4, -0.2) is 51.5 Å². The van der Waals surface area contributed by atoms with E-state index in [4.69, 9.17) is 16.6 Å². The smallest absolute Gasteiger partial charge is 0.251 e. The number of piperidine rings is 1. The molecule has 2 aromatic carbocycles. The zero-order chi connectivity index (χ0) is 21.5. The molecule has 0 bridgehead atoms. The number of rotatable bonds is 4. The Morgan fingerprint density at radius 3 is 2.71 bits per heavy atom. The van der Waals surface area contributed by atoms with Crippen LogP contribution < -0.4 is 10.6 Å². The lowest BCUT2D eigenvalue weighted by molar-refractivity contribution is 0.0917. The predicted molar refractivity (Wildman–Crippen MR) is 127 cm³/mol. The Labute approximate surface area is 189 Å². The van der Waals surface area contributed by atoms with Crippen LogP contribution in [0.4, 0.5) is 11.1 Å². The molecular formula is C22H23ClN6OS. The van der Waals surface area contributed by atoms with Gasteiger partial charge in [-0.05, 0) is 69.4 Å². The third kappa shape index (κ3) is 4.11. The summed E-state index contributed by atoms with van der Waals surface area (Å²) in [7, 11) is 4.06. The quantitative estimate of drug-likeness (QED) is 0.478. The Morgan fingerprint density at radius 1 is 1.10 bits per heavy atom. The highest BCUT2D eigenvalue weighted by Gasteiger charge is 2.20. The fraction of sp³-hybridized carbons (Fsp3) is 0.318. The molecule has 1 amide bonds. The summed E-state index contributed by atoms with van der Waals surface area (Å²) in [5.41, 5.74) is 3.24. The molecule has 1 aliphatic heterocycles. The average Bonchev–Trinajstić information content (AvgIpc) is 3.29. The van der Waals surface area contributed by atoms with Crippen LogP contribution in [0.25, 0.3) is 21.3 Å².